The van der Waals surface area contributed by atoms with Gasteiger partial charge in [-0.25, -0.2) is 0 Å². The van der Waals surface area contributed by atoms with Crippen molar-refractivity contribution in [2.45, 2.75) is 58.8 Å². The minimum absolute atomic E-state index is 0.0940. The highest BCUT2D eigenvalue weighted by atomic mass is 16.1. The second-order valence-corrected chi connectivity index (χ2v) is 6.64. The van der Waals surface area contributed by atoms with Crippen LogP contribution in [0.3, 0.4) is 0 Å². The van der Waals surface area contributed by atoms with Gasteiger partial charge in [0.1, 0.15) is 5.78 Å². The molecule has 20 heavy (non-hydrogen) atoms. The highest BCUT2D eigenvalue weighted by Gasteiger charge is 2.33. The summed E-state index contributed by atoms with van der Waals surface area (Å²) < 4.78 is 0. The molecular formula is C19H28O. The van der Waals surface area contributed by atoms with E-state index in [0.717, 1.165) is 19.3 Å². The van der Waals surface area contributed by atoms with Gasteiger partial charge in [-0.2, -0.15) is 0 Å². The summed E-state index contributed by atoms with van der Waals surface area (Å²) in [5.74, 6) is 2.03. The molecular weight excluding hydrogens is 244 g/mol. The van der Waals surface area contributed by atoms with Crippen LogP contribution in [0.15, 0.2) is 30.3 Å². The molecule has 1 saturated carbocycles. The fraction of sp³-hybridized carbons (Fsp3) is 0.632. The van der Waals surface area contributed by atoms with Gasteiger partial charge in [0.25, 0.3) is 0 Å². The van der Waals surface area contributed by atoms with Crippen molar-refractivity contribution < 1.29 is 4.79 Å². The van der Waals surface area contributed by atoms with Crippen LogP contribution in [0.1, 0.15) is 64.4 Å². The van der Waals surface area contributed by atoms with E-state index in [1.165, 1.54) is 18.4 Å². The molecule has 110 valence electrons. The SMILES string of the molecule is CCC(C)C(C(=O)C1CCCC(C)C1)c1ccccc1. The van der Waals surface area contributed by atoms with Crippen LogP contribution in [-0.2, 0) is 4.79 Å². The van der Waals surface area contributed by atoms with E-state index < -0.39 is 0 Å². The summed E-state index contributed by atoms with van der Waals surface area (Å²) in [6.07, 6.45) is 5.78. The zero-order valence-electron chi connectivity index (χ0n) is 13.1. The third-order valence-electron chi connectivity index (χ3n) is 5.02. The van der Waals surface area contributed by atoms with Gasteiger partial charge in [-0.1, -0.05) is 70.4 Å². The van der Waals surface area contributed by atoms with Crippen molar-refractivity contribution in [3.63, 3.8) is 0 Å². The molecule has 0 spiro atoms. The van der Waals surface area contributed by atoms with E-state index in [0.29, 0.717) is 17.6 Å². The van der Waals surface area contributed by atoms with E-state index in [-0.39, 0.29) is 11.8 Å². The first-order valence-corrected chi connectivity index (χ1v) is 8.22. The van der Waals surface area contributed by atoms with E-state index in [4.69, 9.17) is 0 Å². The van der Waals surface area contributed by atoms with E-state index in [2.05, 4.69) is 45.0 Å². The monoisotopic (exact) mass is 272 g/mol. The van der Waals surface area contributed by atoms with E-state index in [1.807, 2.05) is 6.07 Å². The summed E-state index contributed by atoms with van der Waals surface area (Å²) in [6, 6.07) is 10.4. The zero-order valence-corrected chi connectivity index (χ0v) is 13.1. The predicted octanol–water partition coefficient (Wildman–Crippen LogP) is 5.21. The average Bonchev–Trinajstić information content (AvgIpc) is 2.48. The molecule has 0 N–H and O–H groups in total. The highest BCUT2D eigenvalue weighted by molar-refractivity contribution is 5.88. The van der Waals surface area contributed by atoms with Crippen molar-refractivity contribution >= 4 is 5.78 Å². The van der Waals surface area contributed by atoms with Crippen molar-refractivity contribution in [1.29, 1.82) is 0 Å². The van der Waals surface area contributed by atoms with Crippen LogP contribution in [0.2, 0.25) is 0 Å². The Morgan fingerprint density at radius 2 is 1.95 bits per heavy atom. The molecule has 0 aromatic heterocycles. The average molecular weight is 272 g/mol. The number of rotatable bonds is 5. The van der Waals surface area contributed by atoms with Crippen LogP contribution in [0, 0.1) is 17.8 Å². The van der Waals surface area contributed by atoms with Crippen LogP contribution in [0.5, 0.6) is 0 Å². The van der Waals surface area contributed by atoms with Gasteiger partial charge in [-0.3, -0.25) is 4.79 Å². The van der Waals surface area contributed by atoms with Crippen molar-refractivity contribution in [2.75, 3.05) is 0 Å². The molecule has 1 fully saturated rings. The second-order valence-electron chi connectivity index (χ2n) is 6.64. The van der Waals surface area contributed by atoms with Crippen LogP contribution in [0.25, 0.3) is 0 Å². The van der Waals surface area contributed by atoms with Gasteiger partial charge >= 0.3 is 0 Å². The molecule has 0 aliphatic heterocycles. The lowest BCUT2D eigenvalue weighted by Crippen LogP contribution is -2.29. The van der Waals surface area contributed by atoms with E-state index in [9.17, 15) is 4.79 Å². The fourth-order valence-electron chi connectivity index (χ4n) is 3.62. The molecule has 1 aromatic rings. The Morgan fingerprint density at radius 3 is 2.55 bits per heavy atom. The van der Waals surface area contributed by atoms with Gasteiger partial charge in [0.05, 0.1) is 0 Å². The summed E-state index contributed by atoms with van der Waals surface area (Å²) in [7, 11) is 0. The molecule has 0 amide bonds. The van der Waals surface area contributed by atoms with Gasteiger partial charge in [-0.15, -0.1) is 0 Å². The molecule has 2 rings (SSSR count). The molecule has 1 aliphatic carbocycles. The van der Waals surface area contributed by atoms with Gasteiger partial charge in [0.15, 0.2) is 0 Å². The predicted molar refractivity (Wildman–Crippen MR) is 84.8 cm³/mol. The molecule has 1 heteroatoms. The summed E-state index contributed by atoms with van der Waals surface area (Å²) in [6.45, 7) is 6.71. The molecule has 1 aromatic carbocycles. The van der Waals surface area contributed by atoms with Crippen LogP contribution in [0.4, 0.5) is 0 Å². The number of ketones is 1. The van der Waals surface area contributed by atoms with Gasteiger partial charge in [0, 0.05) is 11.8 Å². The first-order valence-electron chi connectivity index (χ1n) is 8.22. The van der Waals surface area contributed by atoms with Crippen LogP contribution < -0.4 is 0 Å². The summed E-state index contributed by atoms with van der Waals surface area (Å²) in [4.78, 5) is 13.0. The minimum Gasteiger partial charge on any atom is -0.299 e. The summed E-state index contributed by atoms with van der Waals surface area (Å²) >= 11 is 0. The van der Waals surface area contributed by atoms with Gasteiger partial charge in [0.2, 0.25) is 0 Å². The Hall–Kier alpha value is -1.11. The number of hydrogen-bond donors (Lipinski definition) is 0. The Bertz CT molecular complexity index is 423. The number of benzene rings is 1. The maximum absolute atomic E-state index is 13.0. The second kappa shape index (κ2) is 7.06. The first-order chi connectivity index (χ1) is 9.63. The number of Topliss-reactive ketones (excluding diaryl/α,β-unsaturated/α-hetero) is 1. The molecule has 1 nitrogen and oxygen atoms in total. The van der Waals surface area contributed by atoms with Crippen molar-refractivity contribution in [3.8, 4) is 0 Å². The molecule has 1 aliphatic rings. The van der Waals surface area contributed by atoms with E-state index in [1.54, 1.807) is 0 Å². The minimum atomic E-state index is 0.0940. The van der Waals surface area contributed by atoms with Crippen molar-refractivity contribution in [1.82, 2.24) is 0 Å². The molecule has 4 atom stereocenters. The Labute approximate surface area is 123 Å². The standard InChI is InChI=1S/C19H28O/c1-4-15(3)18(16-10-6-5-7-11-16)19(20)17-12-8-9-14(2)13-17/h5-7,10-11,14-15,17-18H,4,8-9,12-13H2,1-3H3. The topological polar surface area (TPSA) is 17.1 Å². The molecule has 0 bridgehead atoms. The molecule has 0 radical (unpaired) electrons. The molecule has 0 saturated heterocycles. The number of carbonyl (C=O) groups is 1. The molecule has 4 unspecified atom stereocenters. The van der Waals surface area contributed by atoms with Crippen LogP contribution >= 0.6 is 0 Å². The van der Waals surface area contributed by atoms with Gasteiger partial charge in [-0.05, 0) is 30.2 Å². The smallest absolute Gasteiger partial charge is 0.143 e. The first kappa shape index (κ1) is 15.3. The zero-order chi connectivity index (χ0) is 14.5. The lowest BCUT2D eigenvalue weighted by atomic mass is 9.72. The van der Waals surface area contributed by atoms with E-state index >= 15 is 0 Å². The Morgan fingerprint density at radius 1 is 1.25 bits per heavy atom. The lowest BCUT2D eigenvalue weighted by Gasteiger charge is -2.31. The third kappa shape index (κ3) is 3.50. The maximum atomic E-state index is 13.0. The van der Waals surface area contributed by atoms with Crippen molar-refractivity contribution in [3.05, 3.63) is 35.9 Å². The Balaban J connectivity index is 2.20. The number of hydrogen-bond acceptors (Lipinski definition) is 1. The summed E-state index contributed by atoms with van der Waals surface area (Å²) in [5.41, 5.74) is 1.21. The normalized spacial score (nSPS) is 25.9. The quantitative estimate of drug-likeness (QED) is 0.719. The molecule has 0 heterocycles. The fourth-order valence-corrected chi connectivity index (χ4v) is 3.62. The lowest BCUT2D eigenvalue weighted by molar-refractivity contribution is -0.126. The van der Waals surface area contributed by atoms with Crippen LogP contribution in [-0.4, -0.2) is 5.78 Å². The Kier molecular flexibility index (Phi) is 5.39. The van der Waals surface area contributed by atoms with Gasteiger partial charge < -0.3 is 0 Å². The summed E-state index contributed by atoms with van der Waals surface area (Å²) in [5, 5.41) is 0. The number of carbonyl (C=O) groups excluding carboxylic acids is 1. The maximum Gasteiger partial charge on any atom is 0.143 e. The largest absolute Gasteiger partial charge is 0.299 e. The van der Waals surface area contributed by atoms with Crippen molar-refractivity contribution in [2.24, 2.45) is 17.8 Å². The highest BCUT2D eigenvalue weighted by Crippen LogP contribution is 2.37. The third-order valence-corrected chi connectivity index (χ3v) is 5.02.